The Balaban J connectivity index is 2.64. The van der Waals surface area contributed by atoms with Gasteiger partial charge in [0.25, 0.3) is 5.43 Å². The first kappa shape index (κ1) is 12.4. The fourth-order valence-electron chi connectivity index (χ4n) is 1.30. The maximum Gasteiger partial charge on any atom is 0.332 e. The Hall–Kier alpha value is -1.69. The Morgan fingerprint density at radius 1 is 1.50 bits per heavy atom. The van der Waals surface area contributed by atoms with Crippen LogP contribution in [-0.4, -0.2) is 22.6 Å². The third-order valence-corrected chi connectivity index (χ3v) is 2.13. The number of nitrogens with one attached hydrogen (secondary N) is 1. The van der Waals surface area contributed by atoms with Crippen molar-refractivity contribution >= 4 is 5.69 Å². The van der Waals surface area contributed by atoms with Crippen LogP contribution in [0.4, 0.5) is 5.69 Å². The van der Waals surface area contributed by atoms with Crippen molar-refractivity contribution in [2.75, 3.05) is 13.1 Å². The van der Waals surface area contributed by atoms with E-state index in [2.05, 4.69) is 12.2 Å². The molecule has 0 saturated heterocycles. The average molecular weight is 225 g/mol. The number of aromatic nitrogens is 1. The predicted molar refractivity (Wildman–Crippen MR) is 60.5 cm³/mol. The summed E-state index contributed by atoms with van der Waals surface area (Å²) in [5, 5.41) is 13.7. The average Bonchev–Trinajstić information content (AvgIpc) is 2.26. The van der Waals surface area contributed by atoms with Gasteiger partial charge in [0.1, 0.15) is 0 Å². The van der Waals surface area contributed by atoms with Crippen molar-refractivity contribution in [1.29, 1.82) is 0 Å². The molecule has 0 fully saturated rings. The minimum absolute atomic E-state index is 0.377. The fraction of sp³-hybridized carbons (Fsp3) is 0.500. The van der Waals surface area contributed by atoms with E-state index >= 15 is 0 Å². The quantitative estimate of drug-likeness (QED) is 0.440. The third-order valence-electron chi connectivity index (χ3n) is 2.13. The monoisotopic (exact) mass is 225 g/mol. The molecule has 6 heteroatoms. The SMILES string of the molecule is CCCNCCn1ccc(=O)c([N+](=O)[O-])c1. The number of nitrogens with zero attached hydrogens (tertiary/aromatic N) is 2. The summed E-state index contributed by atoms with van der Waals surface area (Å²) in [4.78, 5) is 21.0. The fourth-order valence-corrected chi connectivity index (χ4v) is 1.30. The molecule has 0 aliphatic heterocycles. The summed E-state index contributed by atoms with van der Waals surface area (Å²) < 4.78 is 1.64. The molecule has 0 spiro atoms. The Labute approximate surface area is 93.1 Å². The van der Waals surface area contributed by atoms with Gasteiger partial charge in [0.2, 0.25) is 0 Å². The third kappa shape index (κ3) is 3.47. The van der Waals surface area contributed by atoms with Crippen LogP contribution in [0.2, 0.25) is 0 Å². The van der Waals surface area contributed by atoms with E-state index in [1.807, 2.05) is 0 Å². The second-order valence-corrected chi connectivity index (χ2v) is 3.44. The van der Waals surface area contributed by atoms with Crippen LogP contribution in [0.15, 0.2) is 23.3 Å². The Bertz CT molecular complexity index is 414. The molecule has 0 bridgehead atoms. The molecule has 0 amide bonds. The van der Waals surface area contributed by atoms with Crippen LogP contribution in [0.25, 0.3) is 0 Å². The molecule has 1 rings (SSSR count). The number of hydrogen-bond acceptors (Lipinski definition) is 4. The lowest BCUT2D eigenvalue weighted by molar-refractivity contribution is -0.386. The molecular formula is C10H15N3O3. The number of rotatable bonds is 6. The molecule has 0 aromatic carbocycles. The van der Waals surface area contributed by atoms with Crippen molar-refractivity contribution in [1.82, 2.24) is 9.88 Å². The second kappa shape index (κ2) is 6.02. The van der Waals surface area contributed by atoms with Gasteiger partial charge in [-0.2, -0.15) is 0 Å². The molecule has 1 N–H and O–H groups in total. The van der Waals surface area contributed by atoms with Crippen LogP contribution < -0.4 is 10.7 Å². The van der Waals surface area contributed by atoms with Crippen molar-refractivity contribution < 1.29 is 4.92 Å². The standard InChI is InChI=1S/C10H15N3O3/c1-2-4-11-5-7-12-6-3-10(14)9(8-12)13(15)16/h3,6,8,11H,2,4-5,7H2,1H3. The normalized spacial score (nSPS) is 10.3. The van der Waals surface area contributed by atoms with Crippen LogP contribution in [0.1, 0.15) is 13.3 Å². The first-order chi connectivity index (χ1) is 7.65. The van der Waals surface area contributed by atoms with E-state index in [1.165, 1.54) is 12.3 Å². The lowest BCUT2D eigenvalue weighted by atomic mass is 10.4. The summed E-state index contributed by atoms with van der Waals surface area (Å²) in [7, 11) is 0. The minimum Gasteiger partial charge on any atom is -0.347 e. The Morgan fingerprint density at radius 3 is 2.88 bits per heavy atom. The summed E-state index contributed by atoms with van der Waals surface area (Å²) in [6.45, 7) is 4.33. The van der Waals surface area contributed by atoms with Gasteiger partial charge in [0.05, 0.1) is 11.1 Å². The molecule has 1 heterocycles. The highest BCUT2D eigenvalue weighted by molar-refractivity contribution is 5.25. The van der Waals surface area contributed by atoms with E-state index in [0.29, 0.717) is 6.54 Å². The lowest BCUT2D eigenvalue weighted by Gasteiger charge is -2.06. The molecule has 0 saturated carbocycles. The molecule has 0 aliphatic carbocycles. The molecule has 16 heavy (non-hydrogen) atoms. The van der Waals surface area contributed by atoms with Gasteiger partial charge in [-0.25, -0.2) is 0 Å². The second-order valence-electron chi connectivity index (χ2n) is 3.44. The summed E-state index contributed by atoms with van der Waals surface area (Å²) in [6.07, 6.45) is 3.88. The van der Waals surface area contributed by atoms with E-state index in [1.54, 1.807) is 10.8 Å². The molecule has 0 radical (unpaired) electrons. The van der Waals surface area contributed by atoms with Gasteiger partial charge in [-0.1, -0.05) is 6.92 Å². The highest BCUT2D eigenvalue weighted by Crippen LogP contribution is 2.01. The first-order valence-electron chi connectivity index (χ1n) is 5.20. The van der Waals surface area contributed by atoms with Crippen molar-refractivity contribution in [2.24, 2.45) is 0 Å². The van der Waals surface area contributed by atoms with Crippen LogP contribution in [0.3, 0.4) is 0 Å². The zero-order chi connectivity index (χ0) is 12.0. The Kier molecular flexibility index (Phi) is 4.65. The van der Waals surface area contributed by atoms with Gasteiger partial charge in [-0.05, 0) is 13.0 Å². The molecule has 1 aromatic rings. The van der Waals surface area contributed by atoms with Crippen LogP contribution in [-0.2, 0) is 6.54 Å². The number of nitro groups is 1. The topological polar surface area (TPSA) is 77.2 Å². The largest absolute Gasteiger partial charge is 0.347 e. The van der Waals surface area contributed by atoms with Gasteiger partial charge >= 0.3 is 5.69 Å². The molecule has 6 nitrogen and oxygen atoms in total. The van der Waals surface area contributed by atoms with Gasteiger partial charge in [0.15, 0.2) is 0 Å². The summed E-state index contributed by atoms with van der Waals surface area (Å²) in [6, 6.07) is 1.22. The van der Waals surface area contributed by atoms with E-state index in [0.717, 1.165) is 19.5 Å². The van der Waals surface area contributed by atoms with E-state index < -0.39 is 10.4 Å². The number of hydrogen-bond donors (Lipinski definition) is 1. The highest BCUT2D eigenvalue weighted by atomic mass is 16.6. The zero-order valence-electron chi connectivity index (χ0n) is 9.18. The van der Waals surface area contributed by atoms with Gasteiger partial charge in [-0.3, -0.25) is 14.9 Å². The summed E-state index contributed by atoms with van der Waals surface area (Å²) in [5.74, 6) is 0. The van der Waals surface area contributed by atoms with Crippen molar-refractivity contribution in [3.05, 3.63) is 38.8 Å². The Morgan fingerprint density at radius 2 is 2.25 bits per heavy atom. The van der Waals surface area contributed by atoms with Crippen LogP contribution >= 0.6 is 0 Å². The molecule has 1 aromatic heterocycles. The highest BCUT2D eigenvalue weighted by Gasteiger charge is 2.10. The van der Waals surface area contributed by atoms with Crippen LogP contribution in [0, 0.1) is 10.1 Å². The maximum atomic E-state index is 11.1. The maximum absolute atomic E-state index is 11.1. The smallest absolute Gasteiger partial charge is 0.332 e. The summed E-state index contributed by atoms with van der Waals surface area (Å²) >= 11 is 0. The molecular weight excluding hydrogens is 210 g/mol. The van der Waals surface area contributed by atoms with Crippen molar-refractivity contribution in [2.45, 2.75) is 19.9 Å². The van der Waals surface area contributed by atoms with Gasteiger partial charge in [0, 0.05) is 25.4 Å². The van der Waals surface area contributed by atoms with E-state index in [4.69, 9.17) is 0 Å². The van der Waals surface area contributed by atoms with Gasteiger partial charge < -0.3 is 9.88 Å². The predicted octanol–water partition coefficient (Wildman–Crippen LogP) is 0.756. The zero-order valence-corrected chi connectivity index (χ0v) is 9.18. The molecule has 88 valence electrons. The first-order valence-corrected chi connectivity index (χ1v) is 5.20. The summed E-state index contributed by atoms with van der Waals surface area (Å²) in [5.41, 5.74) is -0.930. The van der Waals surface area contributed by atoms with Crippen LogP contribution in [0.5, 0.6) is 0 Å². The molecule has 0 atom stereocenters. The minimum atomic E-state index is -0.654. The molecule has 0 aliphatic rings. The number of pyridine rings is 1. The van der Waals surface area contributed by atoms with Crippen molar-refractivity contribution in [3.8, 4) is 0 Å². The molecule has 0 unspecified atom stereocenters. The van der Waals surface area contributed by atoms with Gasteiger partial charge in [-0.15, -0.1) is 0 Å². The van der Waals surface area contributed by atoms with Crippen molar-refractivity contribution in [3.63, 3.8) is 0 Å². The lowest BCUT2D eigenvalue weighted by Crippen LogP contribution is -2.21. The van der Waals surface area contributed by atoms with E-state index in [9.17, 15) is 14.9 Å². The van der Waals surface area contributed by atoms with E-state index in [-0.39, 0.29) is 5.69 Å².